The predicted octanol–water partition coefficient (Wildman–Crippen LogP) is 4.72. The van der Waals surface area contributed by atoms with Crippen molar-refractivity contribution in [2.75, 3.05) is 13.1 Å². The Labute approximate surface area is 183 Å². The van der Waals surface area contributed by atoms with E-state index >= 15 is 0 Å². The van der Waals surface area contributed by atoms with Crippen molar-refractivity contribution in [3.8, 4) is 5.75 Å². The van der Waals surface area contributed by atoms with Crippen molar-refractivity contribution in [2.45, 2.75) is 42.9 Å². The maximum atomic E-state index is 13.7. The number of ether oxygens (including phenoxy) is 1. The van der Waals surface area contributed by atoms with Crippen molar-refractivity contribution in [3.63, 3.8) is 0 Å². The normalized spacial score (nSPS) is 15.6. The molecule has 0 unspecified atom stereocenters. The molecular weight excluding hydrogens is 450 g/mol. The average molecular weight is 473 g/mol. The first-order chi connectivity index (χ1) is 14.7. The summed E-state index contributed by atoms with van der Waals surface area (Å²) >= 11 is 0. The van der Waals surface area contributed by atoms with Crippen molar-refractivity contribution < 1.29 is 35.5 Å². The molecule has 1 saturated heterocycles. The van der Waals surface area contributed by atoms with E-state index in [0.717, 1.165) is 6.07 Å². The highest BCUT2D eigenvalue weighted by atomic mass is 32.2. The highest BCUT2D eigenvalue weighted by Gasteiger charge is 2.49. The second-order valence-corrected chi connectivity index (χ2v) is 10.9. The number of hydrogen-bond acceptors (Lipinski definition) is 4. The van der Waals surface area contributed by atoms with Crippen LogP contribution in [0.4, 0.5) is 17.6 Å². The van der Waals surface area contributed by atoms with Crippen LogP contribution in [0.5, 0.6) is 5.75 Å². The van der Waals surface area contributed by atoms with Gasteiger partial charge in [0, 0.05) is 37.1 Å². The molecule has 0 atom stereocenters. The Hall–Kier alpha value is -2.62. The molecular formula is C22H23F4NO4S. The second-order valence-electron chi connectivity index (χ2n) is 8.33. The number of nitrogens with zero attached hydrogens (tertiary/aromatic N) is 1. The van der Waals surface area contributed by atoms with Gasteiger partial charge in [-0.15, -0.1) is 0 Å². The molecule has 3 rings (SSSR count). The van der Waals surface area contributed by atoms with Gasteiger partial charge in [0.1, 0.15) is 5.75 Å². The summed E-state index contributed by atoms with van der Waals surface area (Å²) in [6.45, 7) is 1.07. The first-order valence-electron chi connectivity index (χ1n) is 9.80. The minimum absolute atomic E-state index is 0.0786. The molecule has 10 heteroatoms. The van der Waals surface area contributed by atoms with Crippen molar-refractivity contribution in [1.82, 2.24) is 4.90 Å². The van der Waals surface area contributed by atoms with Gasteiger partial charge in [0.2, 0.25) is 0 Å². The molecule has 0 aliphatic carbocycles. The maximum absolute atomic E-state index is 13.7. The van der Waals surface area contributed by atoms with E-state index in [1.807, 2.05) is 0 Å². The highest BCUT2D eigenvalue weighted by molar-refractivity contribution is 7.92. The minimum Gasteiger partial charge on any atom is -0.435 e. The van der Waals surface area contributed by atoms with E-state index in [1.54, 1.807) is 0 Å². The van der Waals surface area contributed by atoms with Gasteiger partial charge in [-0.1, -0.05) is 12.1 Å². The van der Waals surface area contributed by atoms with Crippen LogP contribution in [0.3, 0.4) is 0 Å². The van der Waals surface area contributed by atoms with E-state index in [4.69, 9.17) is 0 Å². The van der Waals surface area contributed by atoms with E-state index in [1.165, 1.54) is 61.2 Å². The topological polar surface area (TPSA) is 63.7 Å². The van der Waals surface area contributed by atoms with Crippen LogP contribution in [-0.4, -0.2) is 43.7 Å². The average Bonchev–Trinajstić information content (AvgIpc) is 2.66. The van der Waals surface area contributed by atoms with Crippen molar-refractivity contribution in [2.24, 2.45) is 5.92 Å². The zero-order chi connectivity index (χ0) is 23.9. The molecule has 1 amide bonds. The number of rotatable bonds is 7. The number of likely N-dealkylation sites (tertiary alicyclic amines) is 1. The summed E-state index contributed by atoms with van der Waals surface area (Å²) in [6, 6.07) is 9.94. The van der Waals surface area contributed by atoms with E-state index in [9.17, 15) is 30.8 Å². The van der Waals surface area contributed by atoms with Crippen LogP contribution >= 0.6 is 0 Å². The molecule has 0 N–H and O–H groups in total. The number of benzene rings is 2. The fourth-order valence-corrected chi connectivity index (χ4v) is 5.24. The van der Waals surface area contributed by atoms with Gasteiger partial charge < -0.3 is 9.64 Å². The lowest BCUT2D eigenvalue weighted by Gasteiger charge is -2.47. The standard InChI is InChI=1S/C22H23F4NO4S/c1-21(2,32(29,30)18-6-4-5-15(11-18)22(3,25)26)16-12-27(13-16)19(28)14-7-9-17(10-8-14)31-20(23)24/h4-11,16,20H,12-13H2,1-3H3. The highest BCUT2D eigenvalue weighted by Crippen LogP contribution is 2.39. The Morgan fingerprint density at radius 3 is 2.19 bits per heavy atom. The van der Waals surface area contributed by atoms with Gasteiger partial charge in [0.25, 0.3) is 11.8 Å². The van der Waals surface area contributed by atoms with Crippen LogP contribution in [0.15, 0.2) is 53.4 Å². The molecule has 0 radical (unpaired) electrons. The maximum Gasteiger partial charge on any atom is 0.387 e. The van der Waals surface area contributed by atoms with Gasteiger partial charge in [-0.3, -0.25) is 4.79 Å². The summed E-state index contributed by atoms with van der Waals surface area (Å²) < 4.78 is 81.2. The predicted molar refractivity (Wildman–Crippen MR) is 110 cm³/mol. The number of alkyl halides is 4. The van der Waals surface area contributed by atoms with Crippen LogP contribution in [0, 0.1) is 5.92 Å². The zero-order valence-corrected chi connectivity index (χ0v) is 18.5. The van der Waals surface area contributed by atoms with Crippen LogP contribution in [0.2, 0.25) is 0 Å². The Balaban J connectivity index is 1.72. The Kier molecular flexibility index (Phi) is 6.29. The van der Waals surface area contributed by atoms with Crippen molar-refractivity contribution in [1.29, 1.82) is 0 Å². The molecule has 2 aromatic rings. The number of sulfone groups is 1. The van der Waals surface area contributed by atoms with Crippen molar-refractivity contribution >= 4 is 15.7 Å². The second kappa shape index (κ2) is 8.38. The van der Waals surface area contributed by atoms with E-state index < -0.39 is 33.0 Å². The molecule has 1 aliphatic heterocycles. The molecule has 1 heterocycles. The molecule has 0 bridgehead atoms. The molecule has 32 heavy (non-hydrogen) atoms. The molecule has 0 spiro atoms. The summed E-state index contributed by atoms with van der Waals surface area (Å²) in [7, 11) is -3.97. The molecule has 0 saturated carbocycles. The van der Waals surface area contributed by atoms with E-state index in [-0.39, 0.29) is 40.8 Å². The Bertz CT molecular complexity index is 1090. The monoisotopic (exact) mass is 473 g/mol. The molecule has 1 aliphatic rings. The number of carbonyl (C=O) groups excluding carboxylic acids is 1. The largest absolute Gasteiger partial charge is 0.435 e. The third kappa shape index (κ3) is 4.60. The summed E-state index contributed by atoms with van der Waals surface area (Å²) in [5, 5.41) is 0. The van der Waals surface area contributed by atoms with Crippen LogP contribution in [0.1, 0.15) is 36.7 Å². The van der Waals surface area contributed by atoms with Gasteiger partial charge in [-0.25, -0.2) is 17.2 Å². The van der Waals surface area contributed by atoms with Crippen LogP contribution < -0.4 is 4.74 Å². The number of carbonyl (C=O) groups is 1. The number of amides is 1. The molecule has 174 valence electrons. The minimum atomic E-state index is -3.97. The van der Waals surface area contributed by atoms with Crippen molar-refractivity contribution in [3.05, 3.63) is 59.7 Å². The summed E-state index contributed by atoms with van der Waals surface area (Å²) in [4.78, 5) is 13.9. The van der Waals surface area contributed by atoms with Gasteiger partial charge in [0.05, 0.1) is 9.64 Å². The zero-order valence-electron chi connectivity index (χ0n) is 17.7. The van der Waals surface area contributed by atoms with Crippen LogP contribution in [0.25, 0.3) is 0 Å². The summed E-state index contributed by atoms with van der Waals surface area (Å²) in [5.41, 5.74) is -0.136. The third-order valence-electron chi connectivity index (χ3n) is 5.82. The third-order valence-corrected chi connectivity index (χ3v) is 8.42. The summed E-state index contributed by atoms with van der Waals surface area (Å²) in [6.07, 6.45) is 0. The fraction of sp³-hybridized carbons (Fsp3) is 0.409. The van der Waals surface area contributed by atoms with Gasteiger partial charge in [-0.2, -0.15) is 8.78 Å². The lowest BCUT2D eigenvalue weighted by molar-refractivity contribution is -0.0498. The smallest absolute Gasteiger partial charge is 0.387 e. The lowest BCUT2D eigenvalue weighted by Crippen LogP contribution is -2.59. The number of hydrogen-bond donors (Lipinski definition) is 0. The van der Waals surface area contributed by atoms with Gasteiger partial charge >= 0.3 is 6.61 Å². The number of halogens is 4. The lowest BCUT2D eigenvalue weighted by atomic mass is 9.87. The van der Waals surface area contributed by atoms with E-state index in [0.29, 0.717) is 6.92 Å². The first kappa shape index (κ1) is 24.0. The van der Waals surface area contributed by atoms with Gasteiger partial charge in [0.15, 0.2) is 9.84 Å². The molecule has 2 aromatic carbocycles. The van der Waals surface area contributed by atoms with Crippen LogP contribution in [-0.2, 0) is 15.8 Å². The van der Waals surface area contributed by atoms with E-state index in [2.05, 4.69) is 4.74 Å². The Morgan fingerprint density at radius 1 is 1.06 bits per heavy atom. The summed E-state index contributed by atoms with van der Waals surface area (Å²) in [5.74, 6) is -4.04. The molecule has 1 fully saturated rings. The Morgan fingerprint density at radius 2 is 1.66 bits per heavy atom. The SMILES string of the molecule is CC(F)(F)c1cccc(S(=O)(=O)C(C)(C)C2CN(C(=O)c3ccc(OC(F)F)cc3)C2)c1. The fourth-order valence-electron chi connectivity index (χ4n) is 3.51. The van der Waals surface area contributed by atoms with Gasteiger partial charge in [-0.05, 0) is 50.2 Å². The molecule has 0 aromatic heterocycles. The first-order valence-corrected chi connectivity index (χ1v) is 11.3. The molecule has 5 nitrogen and oxygen atoms in total. The quantitative estimate of drug-likeness (QED) is 0.546.